The Balaban J connectivity index is 0.00000480. The standard InChI is InChI=1S/C24H34O5S.Na/c1-2-3-4-5-6-7-8-9-10-11-12-20-13-18-23(24(19-20)30(26,27)28)29-22-16-14-21(25)15-17-22;/h13-19,25H,2-12H2,1H3,(H,26,27,28);/q;+1/p-1. The zero-order chi connectivity index (χ0) is 21.8. The van der Waals surface area contributed by atoms with E-state index in [4.69, 9.17) is 4.74 Å². The van der Waals surface area contributed by atoms with Gasteiger partial charge in [-0.25, -0.2) is 0 Å². The van der Waals surface area contributed by atoms with E-state index in [0.29, 0.717) is 5.75 Å². The molecule has 0 aliphatic rings. The van der Waals surface area contributed by atoms with Crippen LogP contribution < -0.4 is 39.4 Å². The Morgan fingerprint density at radius 2 is 1.39 bits per heavy atom. The third-order valence-electron chi connectivity index (χ3n) is 5.16. The van der Waals surface area contributed by atoms with Crippen molar-refractivity contribution in [1.82, 2.24) is 0 Å². The summed E-state index contributed by atoms with van der Waals surface area (Å²) in [6.07, 6.45) is 13.2. The van der Waals surface area contributed by atoms with Gasteiger partial charge in [0, 0.05) is 0 Å². The minimum atomic E-state index is -4.42. The first kappa shape index (κ1) is 28.0. The summed E-state index contributed by atoms with van der Waals surface area (Å²) in [5.41, 5.74) is 0.851. The molecule has 2 rings (SSSR count). The molecule has 0 aliphatic heterocycles. The monoisotopic (exact) mass is 456 g/mol. The van der Waals surface area contributed by atoms with E-state index in [1.165, 1.54) is 81.7 Å². The smallest absolute Gasteiger partial charge is 0.872 e. The Morgan fingerprint density at radius 1 is 0.839 bits per heavy atom. The summed E-state index contributed by atoms with van der Waals surface area (Å²) in [4.78, 5) is -0.252. The maximum absolute atomic E-state index is 11.8. The Bertz CT molecular complexity index is 866. The molecule has 0 amide bonds. The van der Waals surface area contributed by atoms with Gasteiger partial charge in [0.25, 0.3) is 10.1 Å². The summed E-state index contributed by atoms with van der Waals surface area (Å²) in [5.74, 6) is 0.217. The van der Waals surface area contributed by atoms with E-state index in [1.807, 2.05) is 6.07 Å². The molecular weight excluding hydrogens is 423 g/mol. The molecule has 7 heteroatoms. The van der Waals surface area contributed by atoms with Gasteiger partial charge in [-0.3, -0.25) is 4.55 Å². The first-order chi connectivity index (χ1) is 14.4. The number of ether oxygens (including phenoxy) is 1. The fraction of sp³-hybridized carbons (Fsp3) is 0.500. The maximum atomic E-state index is 11.8. The molecule has 31 heavy (non-hydrogen) atoms. The van der Waals surface area contributed by atoms with Gasteiger partial charge in [-0.1, -0.05) is 82.9 Å². The molecule has 0 saturated carbocycles. The van der Waals surface area contributed by atoms with E-state index in [0.717, 1.165) is 24.8 Å². The average Bonchev–Trinajstić information content (AvgIpc) is 2.71. The molecule has 0 unspecified atom stereocenters. The predicted molar refractivity (Wildman–Crippen MR) is 118 cm³/mol. The quantitative estimate of drug-likeness (QED) is 0.268. The van der Waals surface area contributed by atoms with Crippen molar-refractivity contribution in [3.8, 4) is 17.2 Å². The van der Waals surface area contributed by atoms with Crippen LogP contribution in [0.2, 0.25) is 0 Å². The van der Waals surface area contributed by atoms with Gasteiger partial charge >= 0.3 is 29.6 Å². The molecule has 0 radical (unpaired) electrons. The molecule has 2 aromatic rings. The normalized spacial score (nSPS) is 11.2. The average molecular weight is 457 g/mol. The molecule has 0 aromatic heterocycles. The van der Waals surface area contributed by atoms with Crippen LogP contribution in [0.5, 0.6) is 17.2 Å². The third-order valence-corrected chi connectivity index (χ3v) is 6.03. The summed E-state index contributed by atoms with van der Waals surface area (Å²) in [7, 11) is -4.42. The Morgan fingerprint density at radius 3 is 1.94 bits per heavy atom. The van der Waals surface area contributed by atoms with E-state index in [9.17, 15) is 18.1 Å². The van der Waals surface area contributed by atoms with Crippen molar-refractivity contribution in [1.29, 1.82) is 0 Å². The Labute approximate surface area is 209 Å². The van der Waals surface area contributed by atoms with Crippen molar-refractivity contribution >= 4 is 10.1 Å². The van der Waals surface area contributed by atoms with Crippen LogP contribution in [0.3, 0.4) is 0 Å². The maximum Gasteiger partial charge on any atom is 1.00 e. The molecule has 0 atom stereocenters. The zero-order valence-electron chi connectivity index (χ0n) is 18.8. The summed E-state index contributed by atoms with van der Waals surface area (Å²) in [5, 5.41) is 11.2. The van der Waals surface area contributed by atoms with Crippen molar-refractivity contribution in [2.75, 3.05) is 0 Å². The van der Waals surface area contributed by atoms with Gasteiger partial charge < -0.3 is 9.84 Å². The van der Waals surface area contributed by atoms with E-state index < -0.39 is 10.1 Å². The fourth-order valence-electron chi connectivity index (χ4n) is 3.45. The number of unbranched alkanes of at least 4 members (excludes halogenated alkanes) is 9. The van der Waals surface area contributed by atoms with Crippen molar-refractivity contribution in [3.63, 3.8) is 0 Å². The summed E-state index contributed by atoms with van der Waals surface area (Å²) in [6.45, 7) is 2.23. The summed E-state index contributed by atoms with van der Waals surface area (Å²) in [6, 6.07) is 10.5. The van der Waals surface area contributed by atoms with Crippen LogP contribution in [-0.2, 0) is 16.5 Å². The summed E-state index contributed by atoms with van der Waals surface area (Å²) < 4.78 is 38.8. The largest absolute Gasteiger partial charge is 1.00 e. The van der Waals surface area contributed by atoms with Crippen molar-refractivity contribution in [2.45, 2.75) is 82.4 Å². The second-order valence-corrected chi connectivity index (χ2v) is 9.15. The van der Waals surface area contributed by atoms with E-state index in [2.05, 4.69) is 6.92 Å². The fourth-order valence-corrected chi connectivity index (χ4v) is 4.11. The minimum absolute atomic E-state index is 0. The number of benzene rings is 2. The Kier molecular flexibility index (Phi) is 13.5. The van der Waals surface area contributed by atoms with Crippen LogP contribution in [0.4, 0.5) is 0 Å². The van der Waals surface area contributed by atoms with Crippen LogP contribution in [-0.4, -0.2) is 13.0 Å². The van der Waals surface area contributed by atoms with Gasteiger partial charge in [-0.05, 0) is 42.7 Å². The molecule has 0 fully saturated rings. The molecule has 0 aliphatic carbocycles. The molecule has 2 aromatic carbocycles. The molecule has 5 nitrogen and oxygen atoms in total. The molecule has 0 heterocycles. The molecule has 0 saturated heterocycles. The first-order valence-electron chi connectivity index (χ1n) is 11.0. The van der Waals surface area contributed by atoms with E-state index >= 15 is 0 Å². The third kappa shape index (κ3) is 10.9. The predicted octanol–water partition coefficient (Wildman–Crippen LogP) is 3.27. The van der Waals surface area contributed by atoms with Gasteiger partial charge in [-0.15, -0.1) is 5.75 Å². The molecular formula is C24H33NaO5S. The summed E-state index contributed by atoms with van der Waals surface area (Å²) >= 11 is 0. The van der Waals surface area contributed by atoms with Crippen LogP contribution in [0, 0.1) is 0 Å². The molecule has 0 bridgehead atoms. The van der Waals surface area contributed by atoms with Gasteiger partial charge in [-0.2, -0.15) is 8.42 Å². The van der Waals surface area contributed by atoms with Gasteiger partial charge in [0.15, 0.2) is 0 Å². The van der Waals surface area contributed by atoms with Crippen LogP contribution >= 0.6 is 0 Å². The van der Waals surface area contributed by atoms with Crippen LogP contribution in [0.1, 0.15) is 76.7 Å². The second kappa shape index (κ2) is 14.9. The molecule has 166 valence electrons. The molecule has 0 spiro atoms. The number of hydrogen-bond acceptors (Lipinski definition) is 4. The van der Waals surface area contributed by atoms with Crippen molar-refractivity contribution in [2.24, 2.45) is 0 Å². The minimum Gasteiger partial charge on any atom is -0.872 e. The van der Waals surface area contributed by atoms with Crippen LogP contribution in [0.15, 0.2) is 47.4 Å². The number of rotatable bonds is 14. The molecule has 1 N–H and O–H groups in total. The van der Waals surface area contributed by atoms with E-state index in [-0.39, 0.29) is 46.0 Å². The van der Waals surface area contributed by atoms with Gasteiger partial charge in [0.05, 0.1) is 0 Å². The second-order valence-electron chi connectivity index (χ2n) is 7.76. The van der Waals surface area contributed by atoms with Gasteiger partial charge in [0.1, 0.15) is 16.4 Å². The number of hydrogen-bond donors (Lipinski definition) is 1. The first-order valence-corrected chi connectivity index (χ1v) is 12.4. The Hall–Kier alpha value is -1.05. The zero-order valence-corrected chi connectivity index (χ0v) is 21.6. The van der Waals surface area contributed by atoms with Crippen LogP contribution in [0.25, 0.3) is 0 Å². The SMILES string of the molecule is CCCCCCCCCCCCc1ccc(Oc2ccc([O-])cc2)c(S(=O)(=O)O)c1.[Na+]. The van der Waals surface area contributed by atoms with Gasteiger partial charge in [0.2, 0.25) is 0 Å². The number of aryl methyl sites for hydroxylation is 1. The van der Waals surface area contributed by atoms with E-state index in [1.54, 1.807) is 6.07 Å². The van der Waals surface area contributed by atoms with Crippen molar-refractivity contribution in [3.05, 3.63) is 48.0 Å². The van der Waals surface area contributed by atoms with Crippen molar-refractivity contribution < 1.29 is 52.4 Å². The topological polar surface area (TPSA) is 86.7 Å².